The zero-order valence-corrected chi connectivity index (χ0v) is 22.3. The fraction of sp³-hybridized carbons (Fsp3) is 0.208. The summed E-state index contributed by atoms with van der Waals surface area (Å²) in [6.07, 6.45) is -0.177. The minimum absolute atomic E-state index is 0.0423. The van der Waals surface area contributed by atoms with Gasteiger partial charge in [-0.2, -0.15) is 31.8 Å². The third kappa shape index (κ3) is 8.68. The second-order valence-electron chi connectivity index (χ2n) is 8.34. The highest BCUT2D eigenvalue weighted by molar-refractivity contribution is 6.29. The van der Waals surface area contributed by atoms with Crippen molar-refractivity contribution in [2.75, 3.05) is 11.9 Å². The molecule has 1 aromatic carbocycles. The summed E-state index contributed by atoms with van der Waals surface area (Å²) in [4.78, 5) is 41.9. The monoisotopic (exact) mass is 630 g/mol. The number of halogens is 6. The number of hydrogen-bond acceptors (Lipinski definition) is 8. The minimum Gasteiger partial charge on any atom is -0.618 e. The molecule has 228 valence electrons. The molecule has 4 rings (SSSR count). The van der Waals surface area contributed by atoms with Crippen LogP contribution in [0.4, 0.5) is 27.8 Å². The quantitative estimate of drug-likeness (QED) is 0.143. The second kappa shape index (κ2) is 13.7. The number of carbonyl (C=O) groups is 2. The highest BCUT2D eigenvalue weighted by atomic mass is 35.5. The number of carbonyl (C=O) groups excluding carboxylic acids is 1. The lowest BCUT2D eigenvalue weighted by atomic mass is 10.2. The molecule has 3 N–H and O–H groups in total. The summed E-state index contributed by atoms with van der Waals surface area (Å²) in [6.45, 7) is -1.43. The Hall–Kier alpha value is -5.13. The zero-order valence-electron chi connectivity index (χ0n) is 21.5. The van der Waals surface area contributed by atoms with Gasteiger partial charge >= 0.3 is 18.1 Å². The van der Waals surface area contributed by atoms with Crippen LogP contribution in [-0.4, -0.2) is 54.0 Å². The molecular formula is C24H20ClF5N8O5. The van der Waals surface area contributed by atoms with Gasteiger partial charge in [-0.1, -0.05) is 29.8 Å². The molecular weight excluding hydrogens is 611 g/mol. The van der Waals surface area contributed by atoms with E-state index in [0.29, 0.717) is 5.69 Å². The van der Waals surface area contributed by atoms with Gasteiger partial charge in [0.1, 0.15) is 24.4 Å². The molecule has 0 radical (unpaired) electrons. The number of benzene rings is 1. The van der Waals surface area contributed by atoms with Gasteiger partial charge in [0.05, 0.1) is 18.4 Å². The molecule has 19 heteroatoms. The molecule has 0 aliphatic rings. The Morgan fingerprint density at radius 3 is 2.40 bits per heavy atom. The number of aromatic nitrogens is 6. The zero-order chi connectivity index (χ0) is 31.8. The highest BCUT2D eigenvalue weighted by Gasteiger charge is 2.39. The van der Waals surface area contributed by atoms with Gasteiger partial charge in [-0.05, 0) is 17.7 Å². The third-order valence-electron chi connectivity index (χ3n) is 5.36. The normalized spacial score (nSPS) is 11.3. The highest BCUT2D eigenvalue weighted by Crippen LogP contribution is 2.25. The van der Waals surface area contributed by atoms with Crippen LogP contribution in [0, 0.1) is 5.21 Å². The van der Waals surface area contributed by atoms with Gasteiger partial charge in [0.25, 0.3) is 11.3 Å². The van der Waals surface area contributed by atoms with Crippen molar-refractivity contribution in [2.24, 2.45) is 0 Å². The first-order chi connectivity index (χ1) is 20.2. The Bertz CT molecular complexity index is 1630. The summed E-state index contributed by atoms with van der Waals surface area (Å²) in [7, 11) is 0. The smallest absolute Gasteiger partial charge is 0.490 e. The van der Waals surface area contributed by atoms with Crippen LogP contribution in [0.1, 0.15) is 11.3 Å². The van der Waals surface area contributed by atoms with E-state index >= 15 is 0 Å². The number of aliphatic carboxylic acids is 1. The predicted molar refractivity (Wildman–Crippen MR) is 138 cm³/mol. The number of anilines is 1. The lowest BCUT2D eigenvalue weighted by molar-refractivity contribution is -0.624. The number of nitrogens with zero attached hydrogens (tertiary/aromatic N) is 6. The maximum absolute atomic E-state index is 14.5. The fourth-order valence-electron chi connectivity index (χ4n) is 3.34. The minimum atomic E-state index is -5.08. The molecule has 0 bridgehead atoms. The number of para-hydroxylation sites is 1. The molecule has 0 saturated heterocycles. The maximum Gasteiger partial charge on any atom is 0.490 e. The number of carboxylic acids is 1. The van der Waals surface area contributed by atoms with Crippen LogP contribution < -0.4 is 20.9 Å². The Kier molecular flexibility index (Phi) is 10.3. The van der Waals surface area contributed by atoms with Gasteiger partial charge in [-0.15, -0.1) is 0 Å². The third-order valence-corrected chi connectivity index (χ3v) is 5.66. The van der Waals surface area contributed by atoms with Crippen molar-refractivity contribution in [3.63, 3.8) is 0 Å². The van der Waals surface area contributed by atoms with Gasteiger partial charge in [0.2, 0.25) is 5.91 Å². The van der Waals surface area contributed by atoms with Crippen LogP contribution in [0.3, 0.4) is 0 Å². The number of hydrogen-bond donors (Lipinski definition) is 3. The first-order valence-electron chi connectivity index (χ1n) is 11.8. The van der Waals surface area contributed by atoms with Gasteiger partial charge in [-0.25, -0.2) is 19.4 Å². The van der Waals surface area contributed by atoms with Crippen molar-refractivity contribution in [2.45, 2.75) is 25.2 Å². The summed E-state index contributed by atoms with van der Waals surface area (Å²) in [5.74, 6) is -7.35. The average Bonchev–Trinajstić information content (AvgIpc) is 3.49. The van der Waals surface area contributed by atoms with E-state index in [1.807, 2.05) is 6.07 Å². The standard InChI is InChI=1S/C22H19ClF2N8O3.C2HF3O2/c23-18-10-28-20(29-12-22(24,25)17-7-3-4-8-33(17)36)21(35)31(18)11-19(34)27-9-15-5-1-2-6-16(15)32-14-26-13-30-32;3-2(4,5)1(6)7/h1-8,10,13-14H,9,11-12H2,(H,27,34)(H,28,29);(H,6,7). The molecule has 1 amide bonds. The summed E-state index contributed by atoms with van der Waals surface area (Å²) in [6, 6.07) is 10.8. The summed E-state index contributed by atoms with van der Waals surface area (Å²) >= 11 is 6.04. The van der Waals surface area contributed by atoms with Crippen molar-refractivity contribution in [1.82, 2.24) is 29.6 Å². The lowest BCUT2D eigenvalue weighted by Crippen LogP contribution is -2.41. The van der Waals surface area contributed by atoms with E-state index in [0.717, 1.165) is 28.6 Å². The predicted octanol–water partition coefficient (Wildman–Crippen LogP) is 2.26. The fourth-order valence-corrected chi connectivity index (χ4v) is 3.53. The summed E-state index contributed by atoms with van der Waals surface area (Å²) in [5, 5.41) is 27.7. The van der Waals surface area contributed by atoms with Crippen molar-refractivity contribution < 1.29 is 41.4 Å². The number of carboxylic acid groups (broad SMARTS) is 1. The molecule has 0 aliphatic carbocycles. The molecule has 0 saturated carbocycles. The number of pyridine rings is 1. The van der Waals surface area contributed by atoms with E-state index in [1.165, 1.54) is 24.8 Å². The molecule has 0 spiro atoms. The molecule has 0 aliphatic heterocycles. The van der Waals surface area contributed by atoms with Crippen LogP contribution in [0.15, 0.2) is 72.3 Å². The molecule has 4 aromatic rings. The topological polar surface area (TPSA) is 171 Å². The van der Waals surface area contributed by atoms with Crippen LogP contribution in [0.5, 0.6) is 0 Å². The largest absolute Gasteiger partial charge is 0.618 e. The molecule has 3 aromatic heterocycles. The van der Waals surface area contributed by atoms with E-state index in [4.69, 9.17) is 21.5 Å². The van der Waals surface area contributed by atoms with Crippen molar-refractivity contribution in [3.05, 3.63) is 99.5 Å². The van der Waals surface area contributed by atoms with Crippen molar-refractivity contribution in [1.29, 1.82) is 0 Å². The summed E-state index contributed by atoms with van der Waals surface area (Å²) in [5.41, 5.74) is -0.220. The Morgan fingerprint density at radius 2 is 1.77 bits per heavy atom. The van der Waals surface area contributed by atoms with Gasteiger partial charge in [-0.3, -0.25) is 14.2 Å². The number of nitrogens with one attached hydrogen (secondary N) is 2. The van der Waals surface area contributed by atoms with Crippen LogP contribution in [0.2, 0.25) is 5.15 Å². The van der Waals surface area contributed by atoms with Crippen LogP contribution in [-0.2, 0) is 28.6 Å². The molecule has 0 fully saturated rings. The molecule has 3 heterocycles. The number of alkyl halides is 5. The Balaban J connectivity index is 0.000000646. The second-order valence-corrected chi connectivity index (χ2v) is 8.73. The van der Waals surface area contributed by atoms with Crippen LogP contribution >= 0.6 is 11.6 Å². The Morgan fingerprint density at radius 1 is 1.09 bits per heavy atom. The SMILES string of the molecule is O=C(Cn1c(Cl)cnc(NCC(F)(F)c2cccc[n+]2[O-])c1=O)NCc1ccccc1-n1cncn1.O=C(O)C(F)(F)F. The van der Waals surface area contributed by atoms with Crippen LogP contribution in [0.25, 0.3) is 5.69 Å². The number of rotatable bonds is 9. The van der Waals surface area contributed by atoms with E-state index in [-0.39, 0.29) is 16.4 Å². The molecule has 0 unspecified atom stereocenters. The first-order valence-corrected chi connectivity index (χ1v) is 12.1. The van der Waals surface area contributed by atoms with Gasteiger partial charge in [0.15, 0.2) is 12.0 Å². The average molecular weight is 631 g/mol. The molecule has 43 heavy (non-hydrogen) atoms. The molecule has 0 atom stereocenters. The Labute approximate surface area is 242 Å². The maximum atomic E-state index is 14.5. The first kappa shape index (κ1) is 32.4. The number of amides is 1. The van der Waals surface area contributed by atoms with E-state index in [2.05, 4.69) is 25.7 Å². The van der Waals surface area contributed by atoms with Crippen molar-refractivity contribution in [3.8, 4) is 5.69 Å². The lowest BCUT2D eigenvalue weighted by Gasteiger charge is -2.17. The van der Waals surface area contributed by atoms with Gasteiger partial charge < -0.3 is 20.9 Å². The van der Waals surface area contributed by atoms with E-state index in [9.17, 15) is 36.7 Å². The van der Waals surface area contributed by atoms with Gasteiger partial charge in [0, 0.05) is 18.7 Å². The van der Waals surface area contributed by atoms with E-state index < -0.39 is 54.1 Å². The van der Waals surface area contributed by atoms with Crippen molar-refractivity contribution >= 4 is 29.3 Å². The molecule has 13 nitrogen and oxygen atoms in total. The van der Waals surface area contributed by atoms with E-state index in [1.54, 1.807) is 22.9 Å². The summed E-state index contributed by atoms with van der Waals surface area (Å²) < 4.78 is 63.2.